The van der Waals surface area contributed by atoms with E-state index >= 15 is 0 Å². The van der Waals surface area contributed by atoms with E-state index in [0.717, 1.165) is 12.3 Å². The van der Waals surface area contributed by atoms with Gasteiger partial charge in [0.2, 0.25) is 0 Å². The molecule has 1 N–H and O–H groups in total. The summed E-state index contributed by atoms with van der Waals surface area (Å²) in [5.74, 6) is -4.91. The smallest absolute Gasteiger partial charge is 0.320 e. The maximum absolute atomic E-state index is 13.2. The van der Waals surface area contributed by atoms with Crippen molar-refractivity contribution in [2.75, 3.05) is 0 Å². The minimum absolute atomic E-state index is 0.0669. The van der Waals surface area contributed by atoms with E-state index in [1.807, 2.05) is 0 Å². The molecule has 1 aromatic heterocycles. The van der Waals surface area contributed by atoms with Gasteiger partial charge in [-0.1, -0.05) is 23.2 Å². The third-order valence-electron chi connectivity index (χ3n) is 2.63. The zero-order valence-corrected chi connectivity index (χ0v) is 9.19. The number of carbonyl (C=O) groups is 1. The lowest BCUT2D eigenvalue weighted by atomic mass is 9.96. The van der Waals surface area contributed by atoms with Gasteiger partial charge in [0.1, 0.15) is 5.15 Å². The Labute approximate surface area is 99.0 Å². The standard InChI is InChI=1S/C9H5Cl2F2NO2/c10-5-2-14-6(11)1-4(5)8(7(15)16)3-9(8,12)13/h1-2H,3H2,(H,15,16). The van der Waals surface area contributed by atoms with E-state index < -0.39 is 23.7 Å². The van der Waals surface area contributed by atoms with Gasteiger partial charge in [-0.3, -0.25) is 4.79 Å². The van der Waals surface area contributed by atoms with Crippen molar-refractivity contribution in [1.29, 1.82) is 0 Å². The van der Waals surface area contributed by atoms with Gasteiger partial charge in [-0.15, -0.1) is 0 Å². The van der Waals surface area contributed by atoms with E-state index in [9.17, 15) is 13.6 Å². The lowest BCUT2D eigenvalue weighted by Gasteiger charge is -2.13. The molecule has 1 saturated carbocycles. The molecule has 0 bridgehead atoms. The quantitative estimate of drug-likeness (QED) is 0.839. The Kier molecular flexibility index (Phi) is 2.36. The van der Waals surface area contributed by atoms with Crippen molar-refractivity contribution < 1.29 is 18.7 Å². The minimum atomic E-state index is -3.30. The fourth-order valence-corrected chi connectivity index (χ4v) is 2.09. The predicted molar refractivity (Wildman–Crippen MR) is 53.1 cm³/mol. The molecule has 1 aliphatic carbocycles. The van der Waals surface area contributed by atoms with Gasteiger partial charge in [-0.25, -0.2) is 13.8 Å². The molecule has 2 rings (SSSR count). The largest absolute Gasteiger partial charge is 0.480 e. The predicted octanol–water partition coefficient (Wildman–Crippen LogP) is 2.75. The minimum Gasteiger partial charge on any atom is -0.480 e. The Morgan fingerprint density at radius 1 is 1.50 bits per heavy atom. The molecule has 16 heavy (non-hydrogen) atoms. The number of aliphatic carboxylic acids is 1. The van der Waals surface area contributed by atoms with E-state index in [-0.39, 0.29) is 15.7 Å². The van der Waals surface area contributed by atoms with Crippen LogP contribution in [0.3, 0.4) is 0 Å². The van der Waals surface area contributed by atoms with E-state index in [1.54, 1.807) is 0 Å². The van der Waals surface area contributed by atoms with Crippen LogP contribution in [0.4, 0.5) is 8.78 Å². The second-order valence-electron chi connectivity index (χ2n) is 3.58. The lowest BCUT2D eigenvalue weighted by Crippen LogP contribution is -2.27. The summed E-state index contributed by atoms with van der Waals surface area (Å²) in [5.41, 5.74) is -2.44. The molecule has 3 nitrogen and oxygen atoms in total. The number of carboxylic acids is 1. The SMILES string of the molecule is O=C(O)C1(c2cc(Cl)ncc2Cl)CC1(F)F. The second kappa shape index (κ2) is 3.28. The molecule has 0 radical (unpaired) electrons. The summed E-state index contributed by atoms with van der Waals surface area (Å²) in [6.07, 6.45) is 0.299. The van der Waals surface area contributed by atoms with Crippen molar-refractivity contribution in [2.45, 2.75) is 17.8 Å². The van der Waals surface area contributed by atoms with E-state index in [2.05, 4.69) is 4.98 Å². The average Bonchev–Trinajstić information content (AvgIpc) is 2.75. The van der Waals surface area contributed by atoms with Crippen molar-refractivity contribution in [3.05, 3.63) is 28.0 Å². The van der Waals surface area contributed by atoms with Gasteiger partial charge in [-0.05, 0) is 11.6 Å². The third-order valence-corrected chi connectivity index (χ3v) is 3.14. The number of hydrogen-bond donors (Lipinski definition) is 1. The first kappa shape index (κ1) is 11.5. The average molecular weight is 268 g/mol. The van der Waals surface area contributed by atoms with Gasteiger partial charge >= 0.3 is 5.97 Å². The molecule has 7 heteroatoms. The van der Waals surface area contributed by atoms with Crippen LogP contribution in [0.25, 0.3) is 0 Å². The van der Waals surface area contributed by atoms with Crippen LogP contribution in [-0.2, 0) is 10.2 Å². The van der Waals surface area contributed by atoms with E-state index in [0.29, 0.717) is 0 Å². The molecule has 0 amide bonds. The number of halogens is 4. The Bertz CT molecular complexity index is 481. The normalized spacial score (nSPS) is 26.5. The van der Waals surface area contributed by atoms with Crippen LogP contribution in [0, 0.1) is 0 Å². The topological polar surface area (TPSA) is 50.2 Å². The number of nitrogens with zero attached hydrogens (tertiary/aromatic N) is 1. The Morgan fingerprint density at radius 3 is 2.50 bits per heavy atom. The van der Waals surface area contributed by atoms with Crippen LogP contribution in [0.15, 0.2) is 12.3 Å². The first-order valence-electron chi connectivity index (χ1n) is 4.24. The molecule has 1 aromatic rings. The maximum atomic E-state index is 13.2. The van der Waals surface area contributed by atoms with Gasteiger partial charge in [0.05, 0.1) is 5.02 Å². The Balaban J connectivity index is 2.59. The van der Waals surface area contributed by atoms with Gasteiger partial charge < -0.3 is 5.11 Å². The van der Waals surface area contributed by atoms with Gasteiger partial charge in [-0.2, -0.15) is 0 Å². The van der Waals surface area contributed by atoms with Gasteiger partial charge in [0.25, 0.3) is 5.92 Å². The number of alkyl halides is 2. The molecule has 1 heterocycles. The van der Waals surface area contributed by atoms with Crippen molar-refractivity contribution in [3.8, 4) is 0 Å². The van der Waals surface area contributed by atoms with Crippen LogP contribution in [0.5, 0.6) is 0 Å². The monoisotopic (exact) mass is 267 g/mol. The molecule has 1 atom stereocenters. The summed E-state index contributed by atoms with van der Waals surface area (Å²) >= 11 is 11.2. The summed E-state index contributed by atoms with van der Waals surface area (Å²) in [6, 6.07) is 1.07. The molecule has 1 unspecified atom stereocenters. The third kappa shape index (κ3) is 1.38. The summed E-state index contributed by atoms with van der Waals surface area (Å²) in [7, 11) is 0. The summed E-state index contributed by atoms with van der Waals surface area (Å²) in [6.45, 7) is 0. The fraction of sp³-hybridized carbons (Fsp3) is 0.333. The number of hydrogen-bond acceptors (Lipinski definition) is 2. The Morgan fingerprint density at radius 2 is 2.06 bits per heavy atom. The maximum Gasteiger partial charge on any atom is 0.320 e. The van der Waals surface area contributed by atoms with E-state index in [4.69, 9.17) is 28.3 Å². The van der Waals surface area contributed by atoms with Crippen molar-refractivity contribution in [3.63, 3.8) is 0 Å². The second-order valence-corrected chi connectivity index (χ2v) is 4.37. The highest BCUT2D eigenvalue weighted by Crippen LogP contribution is 2.63. The van der Waals surface area contributed by atoms with Gasteiger partial charge in [0, 0.05) is 12.6 Å². The highest BCUT2D eigenvalue weighted by molar-refractivity contribution is 6.33. The highest BCUT2D eigenvalue weighted by atomic mass is 35.5. The van der Waals surface area contributed by atoms with Crippen molar-refractivity contribution in [1.82, 2.24) is 4.98 Å². The highest BCUT2D eigenvalue weighted by Gasteiger charge is 2.78. The van der Waals surface area contributed by atoms with Crippen LogP contribution >= 0.6 is 23.2 Å². The molecule has 0 aliphatic heterocycles. The molecular weight excluding hydrogens is 263 g/mol. The zero-order chi connectivity index (χ0) is 12.1. The van der Waals surface area contributed by atoms with Crippen LogP contribution < -0.4 is 0 Å². The van der Waals surface area contributed by atoms with E-state index in [1.165, 1.54) is 0 Å². The molecule has 86 valence electrons. The van der Waals surface area contributed by atoms with Crippen molar-refractivity contribution >= 4 is 29.2 Å². The van der Waals surface area contributed by atoms with Crippen LogP contribution in [0.2, 0.25) is 10.2 Å². The summed E-state index contributed by atoms with van der Waals surface area (Å²) < 4.78 is 26.4. The van der Waals surface area contributed by atoms with Crippen LogP contribution in [0.1, 0.15) is 12.0 Å². The summed E-state index contributed by atoms with van der Waals surface area (Å²) in [5, 5.41) is 8.72. The molecule has 0 saturated heterocycles. The fourth-order valence-electron chi connectivity index (χ4n) is 1.67. The molecule has 1 aliphatic rings. The molecule has 0 spiro atoms. The van der Waals surface area contributed by atoms with Gasteiger partial charge in [0.15, 0.2) is 5.41 Å². The Hall–Kier alpha value is -0.940. The first-order chi connectivity index (χ1) is 7.31. The first-order valence-corrected chi connectivity index (χ1v) is 4.99. The van der Waals surface area contributed by atoms with Crippen LogP contribution in [-0.4, -0.2) is 22.0 Å². The number of rotatable bonds is 2. The lowest BCUT2D eigenvalue weighted by molar-refractivity contribution is -0.142. The number of pyridine rings is 1. The summed E-state index contributed by atoms with van der Waals surface area (Å²) in [4.78, 5) is 14.5. The molecule has 1 fully saturated rings. The zero-order valence-electron chi connectivity index (χ0n) is 7.68. The number of carboxylic acid groups (broad SMARTS) is 1. The van der Waals surface area contributed by atoms with Crippen molar-refractivity contribution in [2.24, 2.45) is 0 Å². The molecule has 0 aromatic carbocycles. The number of aromatic nitrogens is 1. The molecular formula is C9H5Cl2F2NO2.